The molecule has 0 bridgehead atoms. The van der Waals surface area contributed by atoms with E-state index < -0.39 is 0 Å². The van der Waals surface area contributed by atoms with Crippen molar-refractivity contribution in [3.05, 3.63) is 91.3 Å². The number of benzene rings is 2. The van der Waals surface area contributed by atoms with Gasteiger partial charge in [-0.1, -0.05) is 42.8 Å². The summed E-state index contributed by atoms with van der Waals surface area (Å²) in [6.45, 7) is 4.08. The smallest absolute Gasteiger partial charge is 0.332 e. The molecule has 4 aromatic rings. The van der Waals surface area contributed by atoms with Gasteiger partial charge in [0, 0.05) is 37.1 Å². The molecule has 0 atom stereocenters. The predicted octanol–water partition coefficient (Wildman–Crippen LogP) is 3.74. The molecule has 0 unspecified atom stereocenters. The van der Waals surface area contributed by atoms with Gasteiger partial charge in [0.05, 0.1) is 0 Å². The summed E-state index contributed by atoms with van der Waals surface area (Å²) in [5.41, 5.74) is 2.62. The minimum Gasteiger partial charge on any atom is -0.336 e. The third kappa shape index (κ3) is 5.12. The maximum Gasteiger partial charge on any atom is 0.332 e. The van der Waals surface area contributed by atoms with Crippen molar-refractivity contribution in [3.63, 3.8) is 0 Å². The number of aromatic nitrogens is 4. The lowest BCUT2D eigenvalue weighted by molar-refractivity contribution is -0.114. The Balaban J connectivity index is 1.69. The lowest BCUT2D eigenvalue weighted by Gasteiger charge is -2.11. The second-order valence-electron chi connectivity index (χ2n) is 8.21. The van der Waals surface area contributed by atoms with E-state index in [0.29, 0.717) is 60.1 Å². The minimum absolute atomic E-state index is 0.132. The lowest BCUT2D eigenvalue weighted by Crippen LogP contribution is -2.40. The van der Waals surface area contributed by atoms with Gasteiger partial charge < -0.3 is 10.3 Å². The van der Waals surface area contributed by atoms with Crippen molar-refractivity contribution in [1.29, 1.82) is 0 Å². The van der Waals surface area contributed by atoms with Crippen LogP contribution in [0.1, 0.15) is 37.2 Å². The molecule has 2 heterocycles. The SMILES string of the molecule is CCCn1c(=O)c2[nH]c(Cc3cccc(Cl)c3)nc2n(CCc2ccc(NC(C)=O)cc2)c1=O. The van der Waals surface area contributed by atoms with Crippen molar-refractivity contribution < 1.29 is 4.79 Å². The Morgan fingerprint density at radius 1 is 1.06 bits per heavy atom. The molecule has 0 radical (unpaired) electrons. The number of nitrogens with one attached hydrogen (secondary N) is 2. The van der Waals surface area contributed by atoms with Gasteiger partial charge in [-0.05, 0) is 48.2 Å². The van der Waals surface area contributed by atoms with Gasteiger partial charge in [-0.2, -0.15) is 0 Å². The number of hydrogen-bond acceptors (Lipinski definition) is 4. The first-order valence-electron chi connectivity index (χ1n) is 11.2. The summed E-state index contributed by atoms with van der Waals surface area (Å²) in [6.07, 6.45) is 1.69. The monoisotopic (exact) mass is 479 g/mol. The highest BCUT2D eigenvalue weighted by molar-refractivity contribution is 6.30. The lowest BCUT2D eigenvalue weighted by atomic mass is 10.1. The Bertz CT molecular complexity index is 1450. The molecule has 9 heteroatoms. The molecule has 4 rings (SSSR count). The predicted molar refractivity (Wildman–Crippen MR) is 134 cm³/mol. The summed E-state index contributed by atoms with van der Waals surface area (Å²) in [7, 11) is 0. The van der Waals surface area contributed by atoms with Gasteiger partial charge >= 0.3 is 5.69 Å². The van der Waals surface area contributed by atoms with Crippen molar-refractivity contribution in [3.8, 4) is 0 Å². The number of carbonyl (C=O) groups excluding carboxylic acids is 1. The number of H-pyrrole nitrogens is 1. The van der Waals surface area contributed by atoms with E-state index in [0.717, 1.165) is 11.1 Å². The highest BCUT2D eigenvalue weighted by atomic mass is 35.5. The van der Waals surface area contributed by atoms with Gasteiger partial charge in [0.1, 0.15) is 11.3 Å². The summed E-state index contributed by atoms with van der Waals surface area (Å²) >= 11 is 6.10. The van der Waals surface area contributed by atoms with E-state index in [1.54, 1.807) is 10.6 Å². The quantitative estimate of drug-likeness (QED) is 0.402. The van der Waals surface area contributed by atoms with Gasteiger partial charge in [-0.15, -0.1) is 0 Å². The van der Waals surface area contributed by atoms with Crippen LogP contribution in [0, 0.1) is 0 Å². The zero-order chi connectivity index (χ0) is 24.2. The van der Waals surface area contributed by atoms with Crippen LogP contribution in [-0.4, -0.2) is 25.0 Å². The molecule has 0 aliphatic rings. The van der Waals surface area contributed by atoms with E-state index in [1.165, 1.54) is 11.5 Å². The molecule has 0 aliphatic carbocycles. The number of anilines is 1. The molecule has 0 spiro atoms. The molecule has 8 nitrogen and oxygen atoms in total. The van der Waals surface area contributed by atoms with Crippen LogP contribution in [0.25, 0.3) is 11.2 Å². The average Bonchev–Trinajstić information content (AvgIpc) is 3.21. The maximum absolute atomic E-state index is 13.2. The van der Waals surface area contributed by atoms with E-state index in [9.17, 15) is 14.4 Å². The average molecular weight is 480 g/mol. The van der Waals surface area contributed by atoms with Gasteiger partial charge in [0.2, 0.25) is 5.91 Å². The van der Waals surface area contributed by atoms with Crippen LogP contribution < -0.4 is 16.6 Å². The normalized spacial score (nSPS) is 11.1. The molecule has 2 aromatic heterocycles. The first-order valence-corrected chi connectivity index (χ1v) is 11.6. The number of carbonyl (C=O) groups is 1. The van der Waals surface area contributed by atoms with Crippen LogP contribution in [0.15, 0.2) is 58.1 Å². The van der Waals surface area contributed by atoms with Gasteiger partial charge in [-0.25, -0.2) is 9.78 Å². The van der Waals surface area contributed by atoms with Crippen LogP contribution in [-0.2, 0) is 30.7 Å². The third-order valence-electron chi connectivity index (χ3n) is 5.52. The number of aromatic amines is 1. The third-order valence-corrected chi connectivity index (χ3v) is 5.75. The molecule has 176 valence electrons. The highest BCUT2D eigenvalue weighted by Crippen LogP contribution is 2.16. The molecule has 0 aliphatic heterocycles. The van der Waals surface area contributed by atoms with Crippen molar-refractivity contribution in [2.45, 2.75) is 46.2 Å². The Kier molecular flexibility index (Phi) is 6.98. The number of imidazole rings is 1. The zero-order valence-corrected chi connectivity index (χ0v) is 19.9. The first kappa shape index (κ1) is 23.5. The molecular formula is C25H26ClN5O3. The second kappa shape index (κ2) is 10.1. The molecule has 2 N–H and O–H groups in total. The summed E-state index contributed by atoms with van der Waals surface area (Å²) in [4.78, 5) is 45.2. The molecular weight excluding hydrogens is 454 g/mol. The van der Waals surface area contributed by atoms with Crippen LogP contribution in [0.2, 0.25) is 5.02 Å². The Hall–Kier alpha value is -3.65. The Morgan fingerprint density at radius 3 is 2.50 bits per heavy atom. The van der Waals surface area contributed by atoms with Crippen LogP contribution >= 0.6 is 11.6 Å². The van der Waals surface area contributed by atoms with Crippen molar-refractivity contribution >= 4 is 34.4 Å². The molecule has 0 saturated carbocycles. The van der Waals surface area contributed by atoms with E-state index in [1.807, 2.05) is 49.4 Å². The van der Waals surface area contributed by atoms with Crippen LogP contribution in [0.4, 0.5) is 5.69 Å². The molecule has 0 saturated heterocycles. The standard InChI is InChI=1S/C25H26ClN5O3/c1-3-12-31-24(33)22-23(29-21(28-22)15-18-5-4-6-19(26)14-18)30(25(31)34)13-11-17-7-9-20(10-8-17)27-16(2)32/h4-10,14H,3,11-13,15H2,1-2H3,(H,27,32)(H,28,29). The van der Waals surface area contributed by atoms with Crippen molar-refractivity contribution in [2.24, 2.45) is 0 Å². The molecule has 34 heavy (non-hydrogen) atoms. The van der Waals surface area contributed by atoms with Crippen molar-refractivity contribution in [1.82, 2.24) is 19.1 Å². The topological polar surface area (TPSA) is 102 Å². The fourth-order valence-electron chi connectivity index (χ4n) is 3.96. The summed E-state index contributed by atoms with van der Waals surface area (Å²) in [5.74, 6) is 0.461. The number of rotatable bonds is 8. The van der Waals surface area contributed by atoms with E-state index in [2.05, 4.69) is 15.3 Å². The number of aryl methyl sites for hydroxylation is 2. The number of fused-ring (bicyclic) bond motifs is 1. The fourth-order valence-corrected chi connectivity index (χ4v) is 4.17. The van der Waals surface area contributed by atoms with Crippen LogP contribution in [0.3, 0.4) is 0 Å². The highest BCUT2D eigenvalue weighted by Gasteiger charge is 2.17. The summed E-state index contributed by atoms with van der Waals surface area (Å²) in [6, 6.07) is 14.9. The first-order chi connectivity index (χ1) is 16.4. The summed E-state index contributed by atoms with van der Waals surface area (Å²) in [5, 5.41) is 3.36. The fraction of sp³-hybridized carbons (Fsp3) is 0.280. The molecule has 2 aromatic carbocycles. The largest absolute Gasteiger partial charge is 0.336 e. The Labute approximate surface area is 201 Å². The number of halogens is 1. The van der Waals surface area contributed by atoms with Crippen LogP contribution in [0.5, 0.6) is 0 Å². The Morgan fingerprint density at radius 2 is 1.82 bits per heavy atom. The molecule has 1 amide bonds. The molecule has 0 fully saturated rings. The zero-order valence-electron chi connectivity index (χ0n) is 19.1. The van der Waals surface area contributed by atoms with Crippen molar-refractivity contribution in [2.75, 3.05) is 5.32 Å². The maximum atomic E-state index is 13.2. The number of amides is 1. The van der Waals surface area contributed by atoms with Gasteiger partial charge in [-0.3, -0.25) is 18.7 Å². The van der Waals surface area contributed by atoms with E-state index in [4.69, 9.17) is 11.6 Å². The van der Waals surface area contributed by atoms with Gasteiger partial charge in [0.25, 0.3) is 5.56 Å². The second-order valence-corrected chi connectivity index (χ2v) is 8.64. The minimum atomic E-state index is -0.366. The number of hydrogen-bond donors (Lipinski definition) is 2. The number of nitrogens with zero attached hydrogens (tertiary/aromatic N) is 3. The van der Waals surface area contributed by atoms with E-state index >= 15 is 0 Å². The van der Waals surface area contributed by atoms with Gasteiger partial charge in [0.15, 0.2) is 5.65 Å². The van der Waals surface area contributed by atoms with E-state index in [-0.39, 0.29) is 17.2 Å². The summed E-state index contributed by atoms with van der Waals surface area (Å²) < 4.78 is 2.83.